The van der Waals surface area contributed by atoms with Crippen LogP contribution in [0.2, 0.25) is 0 Å². The van der Waals surface area contributed by atoms with E-state index < -0.39 is 6.10 Å². The maximum absolute atomic E-state index is 10.1. The Labute approximate surface area is 108 Å². The van der Waals surface area contributed by atoms with Crippen molar-refractivity contribution >= 4 is 15.9 Å². The van der Waals surface area contributed by atoms with Crippen LogP contribution in [-0.2, 0) is 6.42 Å². The molecule has 0 radical (unpaired) electrons. The maximum Gasteiger partial charge on any atom is 0.133 e. The zero-order valence-electron chi connectivity index (χ0n) is 9.39. The number of methoxy groups -OCH3 is 1. The van der Waals surface area contributed by atoms with E-state index in [2.05, 4.69) is 15.9 Å². The number of hydrogen-bond acceptors (Lipinski definition) is 3. The van der Waals surface area contributed by atoms with Crippen LogP contribution in [0.4, 0.5) is 0 Å². The van der Waals surface area contributed by atoms with Gasteiger partial charge in [0.2, 0.25) is 0 Å². The second kappa shape index (κ2) is 5.38. The minimum absolute atomic E-state index is 0.537. The predicted molar refractivity (Wildman–Crippen MR) is 68.1 cm³/mol. The summed E-state index contributed by atoms with van der Waals surface area (Å²) in [5.74, 6) is 0.754. The average Bonchev–Trinajstić information content (AvgIpc) is 2.81. The average molecular weight is 297 g/mol. The molecule has 0 aliphatic heterocycles. The molecule has 0 saturated carbocycles. The van der Waals surface area contributed by atoms with E-state index in [-0.39, 0.29) is 0 Å². The van der Waals surface area contributed by atoms with Crippen LogP contribution in [0.25, 0.3) is 0 Å². The van der Waals surface area contributed by atoms with Gasteiger partial charge in [0, 0.05) is 6.42 Å². The quantitative estimate of drug-likeness (QED) is 0.941. The fourth-order valence-electron chi connectivity index (χ4n) is 1.64. The van der Waals surface area contributed by atoms with Crippen LogP contribution in [0.1, 0.15) is 17.2 Å². The third kappa shape index (κ3) is 2.90. The van der Waals surface area contributed by atoms with Gasteiger partial charge in [-0.3, -0.25) is 0 Å². The van der Waals surface area contributed by atoms with Crippen molar-refractivity contribution in [2.24, 2.45) is 0 Å². The van der Waals surface area contributed by atoms with E-state index in [9.17, 15) is 5.11 Å². The van der Waals surface area contributed by atoms with Gasteiger partial charge in [-0.25, -0.2) is 0 Å². The number of furan rings is 1. The Bertz CT molecular complexity index is 479. The Morgan fingerprint density at radius 1 is 1.41 bits per heavy atom. The third-order valence-electron chi connectivity index (χ3n) is 2.57. The fraction of sp³-hybridized carbons (Fsp3) is 0.231. The number of rotatable bonds is 4. The molecule has 90 valence electrons. The predicted octanol–water partition coefficient (Wildman–Crippen LogP) is 3.33. The summed E-state index contributed by atoms with van der Waals surface area (Å²) in [7, 11) is 1.61. The van der Waals surface area contributed by atoms with E-state index >= 15 is 0 Å². The summed E-state index contributed by atoms with van der Waals surface area (Å²) in [6.07, 6.45) is 3.23. The van der Waals surface area contributed by atoms with Gasteiger partial charge in [-0.15, -0.1) is 0 Å². The highest BCUT2D eigenvalue weighted by atomic mass is 79.9. The van der Waals surface area contributed by atoms with E-state index in [1.54, 1.807) is 19.6 Å². The molecule has 1 N–H and O–H groups in total. The zero-order valence-corrected chi connectivity index (χ0v) is 11.0. The SMILES string of the molecule is COc1ccc(C(O)Cc2ccoc2)cc1Br. The Morgan fingerprint density at radius 2 is 2.24 bits per heavy atom. The van der Waals surface area contributed by atoms with Gasteiger partial charge in [0.15, 0.2) is 0 Å². The molecule has 0 fully saturated rings. The first-order valence-corrected chi connectivity index (χ1v) is 6.02. The zero-order chi connectivity index (χ0) is 12.3. The van der Waals surface area contributed by atoms with Gasteiger partial charge in [-0.05, 0) is 45.3 Å². The molecule has 2 rings (SSSR count). The van der Waals surface area contributed by atoms with Crippen LogP contribution in [0.3, 0.4) is 0 Å². The van der Waals surface area contributed by atoms with Crippen LogP contribution in [0.15, 0.2) is 45.7 Å². The van der Waals surface area contributed by atoms with Crippen LogP contribution in [0.5, 0.6) is 5.75 Å². The van der Waals surface area contributed by atoms with Gasteiger partial charge in [0.25, 0.3) is 0 Å². The van der Waals surface area contributed by atoms with Crippen LogP contribution in [0, 0.1) is 0 Å². The van der Waals surface area contributed by atoms with Crippen LogP contribution in [-0.4, -0.2) is 12.2 Å². The molecule has 2 aromatic rings. The number of halogens is 1. The van der Waals surface area contributed by atoms with Crippen molar-refractivity contribution in [2.45, 2.75) is 12.5 Å². The molecule has 3 nitrogen and oxygen atoms in total. The van der Waals surface area contributed by atoms with Crippen molar-refractivity contribution in [3.63, 3.8) is 0 Å². The van der Waals surface area contributed by atoms with Gasteiger partial charge >= 0.3 is 0 Å². The Kier molecular flexibility index (Phi) is 3.86. The minimum atomic E-state index is -0.546. The lowest BCUT2D eigenvalue weighted by molar-refractivity contribution is 0.178. The first kappa shape index (κ1) is 12.2. The molecule has 1 aromatic carbocycles. The number of benzene rings is 1. The molecule has 1 atom stereocenters. The van der Waals surface area contributed by atoms with E-state index in [0.29, 0.717) is 6.42 Å². The first-order valence-electron chi connectivity index (χ1n) is 5.23. The largest absolute Gasteiger partial charge is 0.496 e. The minimum Gasteiger partial charge on any atom is -0.496 e. The second-order valence-corrected chi connectivity index (χ2v) is 4.60. The van der Waals surface area contributed by atoms with Crippen LogP contribution < -0.4 is 4.74 Å². The summed E-state index contributed by atoms with van der Waals surface area (Å²) < 4.78 is 10.9. The molecule has 0 spiro atoms. The van der Waals surface area contributed by atoms with Crippen molar-refractivity contribution in [3.05, 3.63) is 52.4 Å². The molecule has 17 heavy (non-hydrogen) atoms. The molecule has 0 aliphatic carbocycles. The normalized spacial score (nSPS) is 12.4. The first-order chi connectivity index (χ1) is 8.20. The molecular formula is C13H13BrO3. The smallest absolute Gasteiger partial charge is 0.133 e. The van der Waals surface area contributed by atoms with Gasteiger partial charge in [0.05, 0.1) is 30.2 Å². The van der Waals surface area contributed by atoms with E-state index in [4.69, 9.17) is 9.15 Å². The van der Waals surface area contributed by atoms with Crippen molar-refractivity contribution < 1.29 is 14.3 Å². The fourth-order valence-corrected chi connectivity index (χ4v) is 2.20. The Morgan fingerprint density at radius 3 is 2.82 bits per heavy atom. The van der Waals surface area contributed by atoms with Crippen molar-refractivity contribution in [2.75, 3.05) is 7.11 Å². The standard InChI is InChI=1S/C13H13BrO3/c1-16-13-3-2-10(7-11(13)14)12(15)6-9-4-5-17-8-9/h2-5,7-8,12,15H,6H2,1H3. The molecule has 1 heterocycles. The van der Waals surface area contributed by atoms with Gasteiger partial charge in [0.1, 0.15) is 5.75 Å². The highest BCUT2D eigenvalue weighted by Gasteiger charge is 2.11. The summed E-state index contributed by atoms with van der Waals surface area (Å²) in [4.78, 5) is 0. The molecule has 0 saturated heterocycles. The molecule has 0 aliphatic rings. The molecule has 0 bridgehead atoms. The number of hydrogen-bond donors (Lipinski definition) is 1. The molecule has 0 amide bonds. The number of aliphatic hydroxyl groups excluding tert-OH is 1. The summed E-state index contributed by atoms with van der Waals surface area (Å²) in [6.45, 7) is 0. The third-order valence-corrected chi connectivity index (χ3v) is 3.19. The van der Waals surface area contributed by atoms with E-state index in [1.165, 1.54) is 0 Å². The summed E-state index contributed by atoms with van der Waals surface area (Å²) in [5.41, 5.74) is 1.82. The lowest BCUT2D eigenvalue weighted by Crippen LogP contribution is -2.01. The number of aliphatic hydroxyl groups is 1. The lowest BCUT2D eigenvalue weighted by atomic mass is 10.0. The topological polar surface area (TPSA) is 42.6 Å². The molecule has 1 unspecified atom stereocenters. The summed E-state index contributed by atoms with van der Waals surface area (Å²) >= 11 is 3.40. The highest BCUT2D eigenvalue weighted by molar-refractivity contribution is 9.10. The number of ether oxygens (including phenoxy) is 1. The molecule has 4 heteroatoms. The second-order valence-electron chi connectivity index (χ2n) is 3.75. The van der Waals surface area contributed by atoms with Crippen molar-refractivity contribution in [1.29, 1.82) is 0 Å². The highest BCUT2D eigenvalue weighted by Crippen LogP contribution is 2.29. The summed E-state index contributed by atoms with van der Waals surface area (Å²) in [6, 6.07) is 7.40. The lowest BCUT2D eigenvalue weighted by Gasteiger charge is -2.11. The van der Waals surface area contributed by atoms with Gasteiger partial charge in [-0.2, -0.15) is 0 Å². The van der Waals surface area contributed by atoms with E-state index in [1.807, 2.05) is 24.3 Å². The van der Waals surface area contributed by atoms with Gasteiger partial charge in [-0.1, -0.05) is 6.07 Å². The summed E-state index contributed by atoms with van der Waals surface area (Å²) in [5, 5.41) is 10.1. The van der Waals surface area contributed by atoms with Crippen molar-refractivity contribution in [3.8, 4) is 5.75 Å². The Balaban J connectivity index is 2.14. The van der Waals surface area contributed by atoms with E-state index in [0.717, 1.165) is 21.3 Å². The van der Waals surface area contributed by atoms with Crippen molar-refractivity contribution in [1.82, 2.24) is 0 Å². The van der Waals surface area contributed by atoms with Gasteiger partial charge < -0.3 is 14.3 Å². The monoisotopic (exact) mass is 296 g/mol. The molecule has 1 aromatic heterocycles. The molecular weight excluding hydrogens is 284 g/mol. The Hall–Kier alpha value is -1.26. The maximum atomic E-state index is 10.1. The van der Waals surface area contributed by atoms with Crippen LogP contribution >= 0.6 is 15.9 Å².